The van der Waals surface area contributed by atoms with E-state index in [2.05, 4.69) is 14.8 Å². The van der Waals surface area contributed by atoms with Crippen molar-refractivity contribution in [2.24, 2.45) is 5.92 Å². The molecule has 0 atom stereocenters. The van der Waals surface area contributed by atoms with Crippen LogP contribution in [0.5, 0.6) is 11.5 Å². The third-order valence-electron chi connectivity index (χ3n) is 3.00. The van der Waals surface area contributed by atoms with Gasteiger partial charge in [0.15, 0.2) is 11.5 Å². The highest BCUT2D eigenvalue weighted by molar-refractivity contribution is 5.75. The van der Waals surface area contributed by atoms with E-state index in [0.717, 1.165) is 12.8 Å². The van der Waals surface area contributed by atoms with Crippen molar-refractivity contribution in [1.29, 1.82) is 0 Å². The van der Waals surface area contributed by atoms with Crippen molar-refractivity contribution in [3.05, 3.63) is 18.2 Å². The van der Waals surface area contributed by atoms with Gasteiger partial charge in [-0.3, -0.25) is 4.79 Å². The summed E-state index contributed by atoms with van der Waals surface area (Å²) < 4.78 is 39.2. The molecule has 7 heteroatoms. The molecule has 0 unspecified atom stereocenters. The Morgan fingerprint density at radius 3 is 2.76 bits per heavy atom. The Morgan fingerprint density at radius 1 is 1.38 bits per heavy atom. The molecular weight excluding hydrogens is 284 g/mol. The second kappa shape index (κ2) is 7.10. The number of hydrogen-bond acceptors (Lipinski definition) is 5. The zero-order valence-electron chi connectivity index (χ0n) is 11.6. The summed E-state index contributed by atoms with van der Waals surface area (Å²) in [5, 5.41) is 2.82. The Balaban J connectivity index is 2.04. The van der Waals surface area contributed by atoms with Crippen LogP contribution in [0.1, 0.15) is 12.8 Å². The summed E-state index contributed by atoms with van der Waals surface area (Å²) in [6.45, 7) is -2.46. The van der Waals surface area contributed by atoms with Crippen LogP contribution in [0.15, 0.2) is 18.2 Å². The summed E-state index contributed by atoms with van der Waals surface area (Å²) in [5.41, 5.74) is 0.563. The first kappa shape index (κ1) is 15.3. The first-order valence-electron chi connectivity index (χ1n) is 6.61. The number of halogens is 2. The van der Waals surface area contributed by atoms with Gasteiger partial charge in [0.25, 0.3) is 0 Å². The van der Waals surface area contributed by atoms with E-state index in [0.29, 0.717) is 18.2 Å². The molecule has 1 aromatic rings. The molecule has 0 spiro atoms. The first-order valence-corrected chi connectivity index (χ1v) is 6.61. The Hall–Kier alpha value is -2.05. The maximum absolute atomic E-state index is 12.4. The highest BCUT2D eigenvalue weighted by Gasteiger charge is 2.23. The minimum absolute atomic E-state index is 0.0192. The Bertz CT molecular complexity index is 492. The molecule has 1 aromatic carbocycles. The predicted molar refractivity (Wildman–Crippen MR) is 71.8 cm³/mol. The van der Waals surface area contributed by atoms with E-state index < -0.39 is 12.6 Å². The number of ether oxygens (including phenoxy) is 3. The number of nitrogens with one attached hydrogen (secondary N) is 1. The van der Waals surface area contributed by atoms with E-state index in [9.17, 15) is 13.6 Å². The number of esters is 1. The van der Waals surface area contributed by atoms with Crippen LogP contribution in [0.2, 0.25) is 0 Å². The van der Waals surface area contributed by atoms with Gasteiger partial charge in [0.1, 0.15) is 6.54 Å². The zero-order chi connectivity index (χ0) is 15.2. The Morgan fingerprint density at radius 2 is 2.14 bits per heavy atom. The number of rotatable bonds is 8. The van der Waals surface area contributed by atoms with E-state index in [1.165, 1.54) is 25.3 Å². The molecule has 2 rings (SSSR count). The van der Waals surface area contributed by atoms with Gasteiger partial charge < -0.3 is 19.5 Å². The number of carbonyl (C=O) groups excluding carboxylic acids is 1. The molecule has 1 aliphatic carbocycles. The average molecular weight is 301 g/mol. The second-order valence-electron chi connectivity index (χ2n) is 4.72. The number of hydrogen-bond donors (Lipinski definition) is 1. The molecule has 0 bridgehead atoms. The van der Waals surface area contributed by atoms with Crippen LogP contribution in [-0.2, 0) is 9.53 Å². The normalized spacial score (nSPS) is 13.9. The number of benzene rings is 1. The smallest absolute Gasteiger partial charge is 0.387 e. The van der Waals surface area contributed by atoms with Crippen molar-refractivity contribution in [2.75, 3.05) is 25.6 Å². The lowest BCUT2D eigenvalue weighted by Gasteiger charge is -2.14. The van der Waals surface area contributed by atoms with Gasteiger partial charge in [-0.05, 0) is 30.9 Å². The zero-order valence-corrected chi connectivity index (χ0v) is 11.6. The topological polar surface area (TPSA) is 56.8 Å². The molecule has 0 amide bonds. The summed E-state index contributed by atoms with van der Waals surface area (Å²) in [4.78, 5) is 11.1. The van der Waals surface area contributed by atoms with Gasteiger partial charge in [-0.15, -0.1) is 0 Å². The summed E-state index contributed by atoms with van der Waals surface area (Å²) >= 11 is 0. The molecule has 1 fully saturated rings. The quantitative estimate of drug-likeness (QED) is 0.748. The van der Waals surface area contributed by atoms with Crippen LogP contribution in [0.25, 0.3) is 0 Å². The number of carbonyl (C=O) groups is 1. The largest absolute Gasteiger partial charge is 0.489 e. The van der Waals surface area contributed by atoms with E-state index in [4.69, 9.17) is 4.74 Å². The molecule has 1 saturated carbocycles. The van der Waals surface area contributed by atoms with Crippen LogP contribution in [0, 0.1) is 5.92 Å². The van der Waals surface area contributed by atoms with Crippen LogP contribution >= 0.6 is 0 Å². The van der Waals surface area contributed by atoms with Crippen LogP contribution in [-0.4, -0.2) is 32.8 Å². The fourth-order valence-electron chi connectivity index (χ4n) is 1.66. The van der Waals surface area contributed by atoms with Crippen molar-refractivity contribution in [3.8, 4) is 11.5 Å². The molecule has 0 heterocycles. The molecule has 1 aliphatic rings. The molecule has 0 aromatic heterocycles. The molecule has 0 saturated heterocycles. The number of alkyl halides is 2. The molecule has 116 valence electrons. The fourth-order valence-corrected chi connectivity index (χ4v) is 1.66. The minimum atomic E-state index is -2.91. The SMILES string of the molecule is COC(=O)CNc1ccc(OC(F)F)c(OCC2CC2)c1. The predicted octanol–water partition coefficient (Wildman–Crippen LogP) is 2.66. The van der Waals surface area contributed by atoms with Crippen LogP contribution in [0.4, 0.5) is 14.5 Å². The van der Waals surface area contributed by atoms with E-state index in [1.54, 1.807) is 0 Å². The van der Waals surface area contributed by atoms with Crippen molar-refractivity contribution in [2.45, 2.75) is 19.5 Å². The van der Waals surface area contributed by atoms with E-state index >= 15 is 0 Å². The second-order valence-corrected chi connectivity index (χ2v) is 4.72. The molecule has 1 N–H and O–H groups in total. The lowest BCUT2D eigenvalue weighted by molar-refractivity contribution is -0.138. The van der Waals surface area contributed by atoms with Crippen molar-refractivity contribution in [3.63, 3.8) is 0 Å². The maximum atomic E-state index is 12.4. The van der Waals surface area contributed by atoms with E-state index in [-0.39, 0.29) is 18.0 Å². The van der Waals surface area contributed by atoms with Crippen molar-refractivity contribution >= 4 is 11.7 Å². The van der Waals surface area contributed by atoms with Gasteiger partial charge in [0, 0.05) is 11.8 Å². The fraction of sp³-hybridized carbons (Fsp3) is 0.500. The third kappa shape index (κ3) is 5.09. The van der Waals surface area contributed by atoms with Crippen molar-refractivity contribution in [1.82, 2.24) is 0 Å². The van der Waals surface area contributed by atoms with Gasteiger partial charge >= 0.3 is 12.6 Å². The first-order chi connectivity index (χ1) is 10.1. The lowest BCUT2D eigenvalue weighted by Crippen LogP contribution is -2.15. The number of methoxy groups -OCH3 is 1. The van der Waals surface area contributed by atoms with Crippen LogP contribution in [0.3, 0.4) is 0 Å². The van der Waals surface area contributed by atoms with Crippen LogP contribution < -0.4 is 14.8 Å². The summed E-state index contributed by atoms with van der Waals surface area (Å²) in [7, 11) is 1.29. The monoisotopic (exact) mass is 301 g/mol. The number of anilines is 1. The molecule has 21 heavy (non-hydrogen) atoms. The Kier molecular flexibility index (Phi) is 5.19. The minimum Gasteiger partial charge on any atom is -0.489 e. The highest BCUT2D eigenvalue weighted by atomic mass is 19.3. The summed E-state index contributed by atoms with van der Waals surface area (Å²) in [5.74, 6) is 0.269. The molecule has 0 aliphatic heterocycles. The van der Waals surface area contributed by atoms with Gasteiger partial charge in [-0.25, -0.2) is 0 Å². The van der Waals surface area contributed by atoms with Gasteiger partial charge in [0.2, 0.25) is 0 Å². The molecule has 0 radical (unpaired) electrons. The lowest BCUT2D eigenvalue weighted by atomic mass is 10.2. The third-order valence-corrected chi connectivity index (χ3v) is 3.00. The van der Waals surface area contributed by atoms with Gasteiger partial charge in [0.05, 0.1) is 13.7 Å². The highest BCUT2D eigenvalue weighted by Crippen LogP contribution is 2.35. The van der Waals surface area contributed by atoms with Gasteiger partial charge in [-0.1, -0.05) is 0 Å². The summed E-state index contributed by atoms with van der Waals surface area (Å²) in [6.07, 6.45) is 2.18. The van der Waals surface area contributed by atoms with Gasteiger partial charge in [-0.2, -0.15) is 8.78 Å². The van der Waals surface area contributed by atoms with Crippen molar-refractivity contribution < 1.29 is 27.8 Å². The molecular formula is C14H17F2NO4. The van der Waals surface area contributed by atoms with E-state index in [1.807, 2.05) is 0 Å². The maximum Gasteiger partial charge on any atom is 0.387 e. The Labute approximate surface area is 121 Å². The molecule has 5 nitrogen and oxygen atoms in total. The average Bonchev–Trinajstić information content (AvgIpc) is 3.27. The standard InChI is InChI=1S/C14H17F2NO4/c1-19-13(18)7-17-10-4-5-11(21-14(15)16)12(6-10)20-8-9-2-3-9/h4-6,9,14,17H,2-3,7-8H2,1H3. The summed E-state index contributed by atoms with van der Waals surface area (Å²) in [6, 6.07) is 4.45.